The normalized spacial score (nSPS) is 15.8. The predicted octanol–water partition coefficient (Wildman–Crippen LogP) is 3.95. The summed E-state index contributed by atoms with van der Waals surface area (Å²) in [6, 6.07) is 0. The van der Waals surface area contributed by atoms with Crippen LogP contribution in [0, 0.1) is 5.92 Å². The summed E-state index contributed by atoms with van der Waals surface area (Å²) in [5.74, 6) is 0.211. The van der Waals surface area contributed by atoms with Crippen LogP contribution in [0.3, 0.4) is 0 Å². The minimum absolute atomic E-state index is 0. The number of hydrogen-bond donors (Lipinski definition) is 0. The maximum atomic E-state index is 13.4. The smallest absolute Gasteiger partial charge is 0.126 e. The van der Waals surface area contributed by atoms with E-state index < -0.39 is 5.41 Å². The molecule has 11 heavy (non-hydrogen) atoms. The lowest BCUT2D eigenvalue weighted by molar-refractivity contribution is 0.170. The molecule has 0 aliphatic rings. The van der Waals surface area contributed by atoms with Crippen LogP contribution >= 0.6 is 26.2 Å². The maximum absolute atomic E-state index is 13.4. The van der Waals surface area contributed by atoms with E-state index in [1.807, 2.05) is 20.8 Å². The van der Waals surface area contributed by atoms with Crippen LogP contribution in [0.15, 0.2) is 0 Å². The first-order chi connectivity index (χ1) is 4.58. The minimum Gasteiger partial charge on any atom is -0.239 e. The van der Waals surface area contributed by atoms with Crippen molar-refractivity contribution in [3.05, 3.63) is 0 Å². The van der Waals surface area contributed by atoms with Gasteiger partial charge >= 0.3 is 0 Å². The van der Waals surface area contributed by atoms with Crippen LogP contribution in [0.4, 0.5) is 4.39 Å². The third-order valence-electron chi connectivity index (χ3n) is 2.21. The van der Waals surface area contributed by atoms with E-state index in [9.17, 15) is 4.39 Å². The van der Waals surface area contributed by atoms with Crippen molar-refractivity contribution < 1.29 is 4.39 Å². The van der Waals surface area contributed by atoms with Crippen molar-refractivity contribution in [1.82, 2.24) is 0 Å². The Morgan fingerprint density at radius 1 is 1.27 bits per heavy atom. The highest BCUT2D eigenvalue weighted by Gasteiger charge is 2.29. The summed E-state index contributed by atoms with van der Waals surface area (Å²) in [6.45, 7) is 5.98. The second-order valence-corrected chi connectivity index (χ2v) is 3.75. The lowest BCUT2D eigenvalue weighted by atomic mass is 9.95. The van der Waals surface area contributed by atoms with Gasteiger partial charge in [0.05, 0.1) is 0 Å². The first kappa shape index (κ1) is 14.4. The highest BCUT2D eigenvalue weighted by molar-refractivity contribution is 8.93. The largest absolute Gasteiger partial charge is 0.239 e. The van der Waals surface area contributed by atoms with E-state index in [-0.39, 0.29) is 22.9 Å². The monoisotopic (exact) mass is 244 g/mol. The standard InChI is InChI=1S/C8H18FP.BrH/c1-4-7(5-2)8(9,10)6-3;/h7H,4-6,10H2,1-3H3;1H. The topological polar surface area (TPSA) is 0 Å². The summed E-state index contributed by atoms with van der Waals surface area (Å²) in [7, 11) is 2.33. The zero-order chi connectivity index (χ0) is 8.20. The molecule has 0 saturated carbocycles. The van der Waals surface area contributed by atoms with Crippen LogP contribution in [0.5, 0.6) is 0 Å². The average molecular weight is 245 g/mol. The lowest BCUT2D eigenvalue weighted by Crippen LogP contribution is -2.24. The van der Waals surface area contributed by atoms with Gasteiger partial charge in [-0.25, -0.2) is 4.39 Å². The van der Waals surface area contributed by atoms with Crippen LogP contribution in [0.2, 0.25) is 0 Å². The van der Waals surface area contributed by atoms with Gasteiger partial charge in [0.1, 0.15) is 5.41 Å². The van der Waals surface area contributed by atoms with Crippen molar-refractivity contribution >= 4 is 26.2 Å². The molecule has 0 aliphatic carbocycles. The van der Waals surface area contributed by atoms with E-state index >= 15 is 0 Å². The first-order valence-electron chi connectivity index (χ1n) is 4.06. The van der Waals surface area contributed by atoms with E-state index in [0.717, 1.165) is 12.8 Å². The molecule has 0 nitrogen and oxygen atoms in total. The summed E-state index contributed by atoms with van der Waals surface area (Å²) in [5, 5.41) is -1.02. The summed E-state index contributed by atoms with van der Waals surface area (Å²) < 4.78 is 13.4. The molecule has 0 amide bonds. The Kier molecular flexibility index (Phi) is 8.32. The van der Waals surface area contributed by atoms with Crippen molar-refractivity contribution in [2.24, 2.45) is 5.92 Å². The van der Waals surface area contributed by atoms with Gasteiger partial charge in [-0.05, 0) is 25.2 Å². The van der Waals surface area contributed by atoms with E-state index in [2.05, 4.69) is 9.24 Å². The molecule has 3 heteroatoms. The molecule has 0 N–H and O–H groups in total. The van der Waals surface area contributed by atoms with E-state index in [1.165, 1.54) is 0 Å². The van der Waals surface area contributed by atoms with Gasteiger partial charge in [0.15, 0.2) is 0 Å². The zero-order valence-electron chi connectivity index (χ0n) is 7.56. The summed E-state index contributed by atoms with van der Waals surface area (Å²) in [6.07, 6.45) is 2.47. The number of halogens is 2. The third kappa shape index (κ3) is 4.42. The van der Waals surface area contributed by atoms with Crippen LogP contribution in [-0.4, -0.2) is 5.41 Å². The molecule has 0 aromatic heterocycles. The Balaban J connectivity index is 0. The molecule has 0 saturated heterocycles. The highest BCUT2D eigenvalue weighted by atomic mass is 79.9. The summed E-state index contributed by atoms with van der Waals surface area (Å²) >= 11 is 0. The zero-order valence-corrected chi connectivity index (χ0v) is 10.4. The van der Waals surface area contributed by atoms with Gasteiger partial charge in [0, 0.05) is 0 Å². The van der Waals surface area contributed by atoms with Crippen molar-refractivity contribution in [1.29, 1.82) is 0 Å². The molecule has 0 rings (SSSR count). The number of alkyl halides is 1. The lowest BCUT2D eigenvalue weighted by Gasteiger charge is -2.27. The molecule has 0 heterocycles. The van der Waals surface area contributed by atoms with Gasteiger partial charge in [-0.15, -0.1) is 17.0 Å². The second kappa shape index (κ2) is 6.37. The fourth-order valence-corrected chi connectivity index (χ4v) is 1.73. The molecule has 0 spiro atoms. The van der Waals surface area contributed by atoms with E-state index in [4.69, 9.17) is 0 Å². The second-order valence-electron chi connectivity index (χ2n) is 2.79. The fourth-order valence-electron chi connectivity index (χ4n) is 1.26. The van der Waals surface area contributed by atoms with Gasteiger partial charge in [-0.2, -0.15) is 0 Å². The summed E-state index contributed by atoms with van der Waals surface area (Å²) in [5.41, 5.74) is 0. The quantitative estimate of drug-likeness (QED) is 0.658. The molecule has 0 fully saturated rings. The Labute approximate surface area is 82.3 Å². The minimum atomic E-state index is -1.02. The molecular weight excluding hydrogens is 226 g/mol. The summed E-state index contributed by atoms with van der Waals surface area (Å²) in [4.78, 5) is 0. The number of hydrogen-bond acceptors (Lipinski definition) is 0. The van der Waals surface area contributed by atoms with Gasteiger partial charge < -0.3 is 0 Å². The van der Waals surface area contributed by atoms with Crippen molar-refractivity contribution in [3.8, 4) is 0 Å². The van der Waals surface area contributed by atoms with Gasteiger partial charge in [-0.3, -0.25) is 0 Å². The molecule has 0 radical (unpaired) electrons. The molecule has 2 atom stereocenters. The molecule has 0 aromatic carbocycles. The molecular formula is C8H19BrFP. The Morgan fingerprint density at radius 2 is 1.64 bits per heavy atom. The fraction of sp³-hybridized carbons (Fsp3) is 1.00. The average Bonchev–Trinajstić information content (AvgIpc) is 1.90. The van der Waals surface area contributed by atoms with Crippen molar-refractivity contribution in [3.63, 3.8) is 0 Å². The third-order valence-corrected chi connectivity index (χ3v) is 3.09. The van der Waals surface area contributed by atoms with Crippen molar-refractivity contribution in [2.75, 3.05) is 0 Å². The van der Waals surface area contributed by atoms with Crippen molar-refractivity contribution in [2.45, 2.75) is 45.4 Å². The molecule has 0 aliphatic heterocycles. The molecule has 70 valence electrons. The number of rotatable bonds is 4. The SMILES string of the molecule is Br.CCC(CC)C(F)(P)CC. The van der Waals surface area contributed by atoms with E-state index in [1.54, 1.807) is 0 Å². The van der Waals surface area contributed by atoms with Crippen LogP contribution < -0.4 is 0 Å². The maximum Gasteiger partial charge on any atom is 0.126 e. The van der Waals surface area contributed by atoms with Crippen LogP contribution in [0.1, 0.15) is 40.0 Å². The van der Waals surface area contributed by atoms with E-state index in [0.29, 0.717) is 6.42 Å². The van der Waals surface area contributed by atoms with Gasteiger partial charge in [-0.1, -0.05) is 30.0 Å². The molecule has 2 unspecified atom stereocenters. The highest BCUT2D eigenvalue weighted by Crippen LogP contribution is 2.36. The first-order valence-corrected chi connectivity index (χ1v) is 4.64. The van der Waals surface area contributed by atoms with Gasteiger partial charge in [0.2, 0.25) is 0 Å². The van der Waals surface area contributed by atoms with Gasteiger partial charge in [0.25, 0.3) is 0 Å². The Bertz CT molecular complexity index is 92.1. The molecule has 0 aromatic rings. The predicted molar refractivity (Wildman–Crippen MR) is 58.2 cm³/mol. The Morgan fingerprint density at radius 3 is 1.73 bits per heavy atom. The Hall–Kier alpha value is 0.840. The molecule has 0 bridgehead atoms. The van der Waals surface area contributed by atoms with Crippen LogP contribution in [0.25, 0.3) is 0 Å². The van der Waals surface area contributed by atoms with Crippen LogP contribution in [-0.2, 0) is 0 Å².